The maximum absolute atomic E-state index is 11.0. The first-order chi connectivity index (χ1) is 9.70. The van der Waals surface area contributed by atoms with Gasteiger partial charge >= 0.3 is 5.97 Å². The molecule has 0 heterocycles. The smallest absolute Gasteiger partial charge is 0.305 e. The van der Waals surface area contributed by atoms with Crippen LogP contribution in [0.4, 0.5) is 0 Å². The van der Waals surface area contributed by atoms with Gasteiger partial charge in [0, 0.05) is 6.42 Å². The van der Waals surface area contributed by atoms with Crippen molar-refractivity contribution < 1.29 is 9.53 Å². The Morgan fingerprint density at radius 2 is 1.35 bits per heavy atom. The lowest BCUT2D eigenvalue weighted by Gasteiger charge is -2.10. The molecule has 1 unspecified atom stereocenters. The van der Waals surface area contributed by atoms with Gasteiger partial charge in [-0.05, 0) is 12.3 Å². The van der Waals surface area contributed by atoms with Crippen molar-refractivity contribution in [3.8, 4) is 0 Å². The number of carbonyl (C=O) groups is 1. The standard InChI is InChI=1S/C18H36O2/c1-4-5-6-7-8-9-11-14-17(2)15-12-10-13-16-18(19)20-3/h17H,4-16H2,1-3H3. The van der Waals surface area contributed by atoms with Gasteiger partial charge in [-0.2, -0.15) is 0 Å². The summed E-state index contributed by atoms with van der Waals surface area (Å²) in [7, 11) is 1.46. The molecule has 0 aliphatic heterocycles. The van der Waals surface area contributed by atoms with Crippen LogP contribution in [0.3, 0.4) is 0 Å². The zero-order valence-corrected chi connectivity index (χ0v) is 14.1. The van der Waals surface area contributed by atoms with Gasteiger partial charge in [0.15, 0.2) is 0 Å². The number of esters is 1. The number of methoxy groups -OCH3 is 1. The van der Waals surface area contributed by atoms with Crippen LogP contribution in [0.5, 0.6) is 0 Å². The van der Waals surface area contributed by atoms with E-state index >= 15 is 0 Å². The number of hydrogen-bond acceptors (Lipinski definition) is 2. The molecule has 0 saturated heterocycles. The highest BCUT2D eigenvalue weighted by molar-refractivity contribution is 5.68. The maximum atomic E-state index is 11.0. The fourth-order valence-corrected chi connectivity index (χ4v) is 2.64. The Labute approximate surface area is 126 Å². The third-order valence-corrected chi connectivity index (χ3v) is 4.11. The molecule has 0 rings (SSSR count). The highest BCUT2D eigenvalue weighted by atomic mass is 16.5. The van der Waals surface area contributed by atoms with E-state index < -0.39 is 0 Å². The first-order valence-electron chi connectivity index (χ1n) is 8.77. The summed E-state index contributed by atoms with van der Waals surface area (Å²) >= 11 is 0. The topological polar surface area (TPSA) is 26.3 Å². The third kappa shape index (κ3) is 13.9. The van der Waals surface area contributed by atoms with Crippen molar-refractivity contribution in [1.29, 1.82) is 0 Å². The molecule has 120 valence electrons. The van der Waals surface area contributed by atoms with Gasteiger partial charge in [0.05, 0.1) is 7.11 Å². The second-order valence-corrected chi connectivity index (χ2v) is 6.19. The highest BCUT2D eigenvalue weighted by Crippen LogP contribution is 2.18. The van der Waals surface area contributed by atoms with E-state index in [0.717, 1.165) is 18.8 Å². The Morgan fingerprint density at radius 1 is 0.850 bits per heavy atom. The summed E-state index contributed by atoms with van der Waals surface area (Å²) in [6, 6.07) is 0. The minimum absolute atomic E-state index is 0.0684. The molecule has 0 radical (unpaired) electrons. The number of unbranched alkanes of at least 4 members (excludes halogenated alkanes) is 8. The molecule has 0 aromatic rings. The molecular formula is C18H36O2. The van der Waals surface area contributed by atoms with Crippen LogP contribution in [-0.4, -0.2) is 13.1 Å². The van der Waals surface area contributed by atoms with Crippen LogP contribution >= 0.6 is 0 Å². The summed E-state index contributed by atoms with van der Waals surface area (Å²) in [6.07, 6.45) is 16.5. The van der Waals surface area contributed by atoms with E-state index in [4.69, 9.17) is 0 Å². The minimum Gasteiger partial charge on any atom is -0.469 e. The molecule has 2 nitrogen and oxygen atoms in total. The summed E-state index contributed by atoms with van der Waals surface area (Å²) in [5.74, 6) is 0.782. The molecule has 1 atom stereocenters. The molecule has 0 N–H and O–H groups in total. The molecule has 20 heavy (non-hydrogen) atoms. The predicted octanol–water partition coefficient (Wildman–Crippen LogP) is 5.89. The fraction of sp³-hybridized carbons (Fsp3) is 0.944. The van der Waals surface area contributed by atoms with E-state index in [1.807, 2.05) is 0 Å². The van der Waals surface area contributed by atoms with Gasteiger partial charge in [0.2, 0.25) is 0 Å². The van der Waals surface area contributed by atoms with Gasteiger partial charge in [-0.15, -0.1) is 0 Å². The maximum Gasteiger partial charge on any atom is 0.305 e. The summed E-state index contributed by atoms with van der Waals surface area (Å²) in [4.78, 5) is 11.0. The van der Waals surface area contributed by atoms with Crippen molar-refractivity contribution in [2.45, 2.75) is 97.3 Å². The first-order valence-corrected chi connectivity index (χ1v) is 8.77. The molecule has 0 aliphatic carbocycles. The lowest BCUT2D eigenvalue weighted by molar-refractivity contribution is -0.140. The molecule has 2 heteroatoms. The Morgan fingerprint density at radius 3 is 1.90 bits per heavy atom. The van der Waals surface area contributed by atoms with Crippen molar-refractivity contribution in [3.63, 3.8) is 0 Å². The fourth-order valence-electron chi connectivity index (χ4n) is 2.64. The Kier molecular flexibility index (Phi) is 14.5. The highest BCUT2D eigenvalue weighted by Gasteiger charge is 2.03. The Balaban J connectivity index is 3.20. The van der Waals surface area contributed by atoms with Crippen molar-refractivity contribution in [1.82, 2.24) is 0 Å². The van der Waals surface area contributed by atoms with Gasteiger partial charge in [-0.1, -0.05) is 84.5 Å². The van der Waals surface area contributed by atoms with Crippen LogP contribution in [-0.2, 0) is 9.53 Å². The van der Waals surface area contributed by atoms with Crippen molar-refractivity contribution in [2.75, 3.05) is 7.11 Å². The average molecular weight is 284 g/mol. The molecule has 0 aromatic carbocycles. The number of rotatable bonds is 14. The third-order valence-electron chi connectivity index (χ3n) is 4.11. The average Bonchev–Trinajstić information content (AvgIpc) is 2.45. The van der Waals surface area contributed by atoms with Crippen LogP contribution in [0.2, 0.25) is 0 Å². The van der Waals surface area contributed by atoms with Gasteiger partial charge in [0.25, 0.3) is 0 Å². The molecule has 0 fully saturated rings. The van der Waals surface area contributed by atoms with Crippen molar-refractivity contribution >= 4 is 5.97 Å². The molecule has 0 aromatic heterocycles. The van der Waals surface area contributed by atoms with E-state index in [9.17, 15) is 4.79 Å². The normalized spacial score (nSPS) is 12.3. The summed E-state index contributed by atoms with van der Waals surface area (Å²) in [6.45, 7) is 4.64. The van der Waals surface area contributed by atoms with Gasteiger partial charge in [-0.3, -0.25) is 4.79 Å². The SMILES string of the molecule is CCCCCCCCCC(C)CCCCCC(=O)OC. The van der Waals surface area contributed by atoms with E-state index in [0.29, 0.717) is 6.42 Å². The molecule has 0 bridgehead atoms. The number of hydrogen-bond donors (Lipinski definition) is 0. The Hall–Kier alpha value is -0.530. The number of ether oxygens (including phenoxy) is 1. The first kappa shape index (κ1) is 19.5. The molecule has 0 aliphatic rings. The van der Waals surface area contributed by atoms with Crippen LogP contribution in [0.25, 0.3) is 0 Å². The largest absolute Gasteiger partial charge is 0.469 e. The molecule has 0 spiro atoms. The number of carbonyl (C=O) groups excluding carboxylic acids is 1. The van der Waals surface area contributed by atoms with Crippen LogP contribution < -0.4 is 0 Å². The molecule has 0 amide bonds. The monoisotopic (exact) mass is 284 g/mol. The second kappa shape index (κ2) is 14.9. The van der Waals surface area contributed by atoms with E-state index in [2.05, 4.69) is 18.6 Å². The minimum atomic E-state index is -0.0684. The molecular weight excluding hydrogens is 248 g/mol. The van der Waals surface area contributed by atoms with E-state index in [1.54, 1.807) is 0 Å². The van der Waals surface area contributed by atoms with Gasteiger partial charge in [0.1, 0.15) is 0 Å². The summed E-state index contributed by atoms with van der Waals surface area (Å²) < 4.78 is 4.64. The van der Waals surface area contributed by atoms with Crippen LogP contribution in [0.1, 0.15) is 97.3 Å². The lowest BCUT2D eigenvalue weighted by Crippen LogP contribution is -2.00. The van der Waals surface area contributed by atoms with Gasteiger partial charge < -0.3 is 4.74 Å². The van der Waals surface area contributed by atoms with E-state index in [-0.39, 0.29) is 5.97 Å². The van der Waals surface area contributed by atoms with Crippen LogP contribution in [0.15, 0.2) is 0 Å². The second-order valence-electron chi connectivity index (χ2n) is 6.19. The van der Waals surface area contributed by atoms with Crippen LogP contribution in [0, 0.1) is 5.92 Å². The summed E-state index contributed by atoms with van der Waals surface area (Å²) in [5.41, 5.74) is 0. The summed E-state index contributed by atoms with van der Waals surface area (Å²) in [5, 5.41) is 0. The van der Waals surface area contributed by atoms with Crippen molar-refractivity contribution in [3.05, 3.63) is 0 Å². The van der Waals surface area contributed by atoms with E-state index in [1.165, 1.54) is 71.3 Å². The van der Waals surface area contributed by atoms with Gasteiger partial charge in [-0.25, -0.2) is 0 Å². The predicted molar refractivity (Wildman–Crippen MR) is 86.9 cm³/mol. The zero-order chi connectivity index (χ0) is 15.1. The Bertz CT molecular complexity index is 213. The molecule has 0 saturated carbocycles. The lowest BCUT2D eigenvalue weighted by atomic mass is 9.96. The zero-order valence-electron chi connectivity index (χ0n) is 14.1. The quantitative estimate of drug-likeness (QED) is 0.294. The van der Waals surface area contributed by atoms with Crippen molar-refractivity contribution in [2.24, 2.45) is 5.92 Å².